The molecule has 5 rings (SSSR count). The number of benzene rings is 2. The Morgan fingerprint density at radius 2 is 2.00 bits per heavy atom. The van der Waals surface area contributed by atoms with Gasteiger partial charge in [-0.05, 0) is 42.1 Å². The summed E-state index contributed by atoms with van der Waals surface area (Å²) in [6.45, 7) is 2.83. The third-order valence-electron chi connectivity index (χ3n) is 6.53. The summed E-state index contributed by atoms with van der Waals surface area (Å²) in [7, 11) is 1.71. The number of fused-ring (bicyclic) bond motifs is 4. The van der Waals surface area contributed by atoms with E-state index in [0.717, 1.165) is 16.5 Å². The lowest BCUT2D eigenvalue weighted by Crippen LogP contribution is -2.44. The van der Waals surface area contributed by atoms with Crippen molar-refractivity contribution in [3.8, 4) is 0 Å². The summed E-state index contributed by atoms with van der Waals surface area (Å²) >= 11 is 0. The maximum absolute atomic E-state index is 14.6. The number of aryl methyl sites for hydroxylation is 1. The average Bonchev–Trinajstić information content (AvgIpc) is 3.23. The summed E-state index contributed by atoms with van der Waals surface area (Å²) in [5, 5.41) is 11.4. The molecule has 3 heterocycles. The number of aliphatic hydroxyl groups is 1. The summed E-state index contributed by atoms with van der Waals surface area (Å²) in [5.41, 5.74) is 2.80. The molecule has 1 atom stereocenters. The Hall–Kier alpha value is -3.49. The Bertz CT molecular complexity index is 1410. The molecule has 0 radical (unpaired) electrons. The van der Waals surface area contributed by atoms with Crippen molar-refractivity contribution in [1.82, 2.24) is 19.8 Å². The van der Waals surface area contributed by atoms with Crippen LogP contribution in [0.5, 0.6) is 0 Å². The highest BCUT2D eigenvalue weighted by Gasteiger charge is 2.34. The van der Waals surface area contributed by atoms with Crippen LogP contribution in [0.3, 0.4) is 0 Å². The lowest BCUT2D eigenvalue weighted by atomic mass is 9.92. The molecule has 0 bridgehead atoms. The van der Waals surface area contributed by atoms with Crippen molar-refractivity contribution in [2.45, 2.75) is 19.5 Å². The Morgan fingerprint density at radius 1 is 1.21 bits per heavy atom. The normalized spacial score (nSPS) is 16.3. The first kappa shape index (κ1) is 21.4. The van der Waals surface area contributed by atoms with Gasteiger partial charge in [-0.1, -0.05) is 18.2 Å². The first-order chi connectivity index (χ1) is 15.9. The van der Waals surface area contributed by atoms with E-state index in [1.807, 2.05) is 35.2 Å². The molecule has 0 aliphatic carbocycles. The van der Waals surface area contributed by atoms with Crippen molar-refractivity contribution in [2.24, 2.45) is 0 Å². The number of H-pyrrole nitrogens is 2. The summed E-state index contributed by atoms with van der Waals surface area (Å²) in [5.74, 6) is -0.601. The molecule has 170 valence electrons. The van der Waals surface area contributed by atoms with Crippen LogP contribution in [0.4, 0.5) is 4.39 Å². The number of amides is 1. The van der Waals surface area contributed by atoms with Crippen molar-refractivity contribution in [3.05, 3.63) is 81.2 Å². The number of aromatic nitrogens is 2. The van der Waals surface area contributed by atoms with Crippen LogP contribution in [0, 0.1) is 12.7 Å². The van der Waals surface area contributed by atoms with Crippen LogP contribution in [0.25, 0.3) is 21.7 Å². The second-order valence-electron chi connectivity index (χ2n) is 8.65. The van der Waals surface area contributed by atoms with Gasteiger partial charge in [-0.2, -0.15) is 0 Å². The molecule has 0 spiro atoms. The summed E-state index contributed by atoms with van der Waals surface area (Å²) in [6, 6.07) is 12.0. The third-order valence-corrected chi connectivity index (χ3v) is 6.53. The fourth-order valence-electron chi connectivity index (χ4n) is 4.80. The van der Waals surface area contributed by atoms with Crippen LogP contribution in [0.2, 0.25) is 0 Å². The van der Waals surface area contributed by atoms with Gasteiger partial charge in [0.2, 0.25) is 0 Å². The standard InChI is InChI=1S/C25H25FN4O3/c1-14-9-17-16(11-18(14)26)23-21(28-24(17)32)12-30(7-8-31)13-22(23)29(2)25(33)20-10-15-5-3-4-6-19(15)27-20/h3-6,9-11,22,27,31H,7-8,12-13H2,1-2H3,(H,28,32). The number of likely N-dealkylation sites (N-methyl/N-ethyl adjacent to an activating group) is 1. The molecule has 2 aromatic heterocycles. The molecular formula is C25H25FN4O3. The van der Waals surface area contributed by atoms with E-state index in [4.69, 9.17) is 0 Å². The molecule has 1 unspecified atom stereocenters. The maximum atomic E-state index is 14.6. The van der Waals surface area contributed by atoms with Crippen LogP contribution in [0.15, 0.2) is 47.3 Å². The first-order valence-corrected chi connectivity index (χ1v) is 10.9. The van der Waals surface area contributed by atoms with Gasteiger partial charge in [0, 0.05) is 54.2 Å². The van der Waals surface area contributed by atoms with E-state index in [2.05, 4.69) is 9.97 Å². The van der Waals surface area contributed by atoms with Gasteiger partial charge in [0.25, 0.3) is 11.5 Å². The van der Waals surface area contributed by atoms with Crippen molar-refractivity contribution in [2.75, 3.05) is 26.7 Å². The molecule has 0 saturated heterocycles. The number of aromatic amines is 2. The Labute approximate surface area is 189 Å². The summed E-state index contributed by atoms with van der Waals surface area (Å²) < 4.78 is 14.6. The molecule has 2 aromatic carbocycles. The number of hydrogen-bond acceptors (Lipinski definition) is 4. The van der Waals surface area contributed by atoms with E-state index in [9.17, 15) is 19.1 Å². The van der Waals surface area contributed by atoms with Gasteiger partial charge >= 0.3 is 0 Å². The molecule has 1 aliphatic heterocycles. The molecular weight excluding hydrogens is 423 g/mol. The molecule has 8 heteroatoms. The number of aliphatic hydroxyl groups excluding tert-OH is 1. The number of nitrogens with one attached hydrogen (secondary N) is 2. The number of hydrogen-bond donors (Lipinski definition) is 3. The number of para-hydroxylation sites is 1. The van der Waals surface area contributed by atoms with E-state index in [1.165, 1.54) is 6.07 Å². The zero-order valence-electron chi connectivity index (χ0n) is 18.5. The van der Waals surface area contributed by atoms with Crippen LogP contribution >= 0.6 is 0 Å². The Balaban J connectivity index is 1.64. The largest absolute Gasteiger partial charge is 0.395 e. The fourth-order valence-corrected chi connectivity index (χ4v) is 4.80. The van der Waals surface area contributed by atoms with Gasteiger partial charge in [-0.3, -0.25) is 14.5 Å². The van der Waals surface area contributed by atoms with Crippen LogP contribution in [-0.4, -0.2) is 57.5 Å². The Kier molecular flexibility index (Phi) is 5.26. The van der Waals surface area contributed by atoms with Crippen molar-refractivity contribution >= 4 is 27.6 Å². The van der Waals surface area contributed by atoms with Gasteiger partial charge in [-0.15, -0.1) is 0 Å². The minimum Gasteiger partial charge on any atom is -0.395 e. The number of carbonyl (C=O) groups excluding carboxylic acids is 1. The summed E-state index contributed by atoms with van der Waals surface area (Å²) in [4.78, 5) is 36.0. The van der Waals surface area contributed by atoms with Crippen LogP contribution < -0.4 is 5.56 Å². The molecule has 33 heavy (non-hydrogen) atoms. The number of β-amino-alcohol motifs (C(OH)–C–C–N with tert-alkyl or cyclic N) is 1. The molecule has 0 fully saturated rings. The molecule has 0 saturated carbocycles. The summed E-state index contributed by atoms with van der Waals surface area (Å²) in [6.07, 6.45) is 0. The highest BCUT2D eigenvalue weighted by atomic mass is 19.1. The molecule has 1 aliphatic rings. The van der Waals surface area contributed by atoms with Crippen LogP contribution in [-0.2, 0) is 6.54 Å². The number of nitrogens with zero attached hydrogens (tertiary/aromatic N) is 2. The topological polar surface area (TPSA) is 92.4 Å². The molecule has 7 nitrogen and oxygen atoms in total. The zero-order chi connectivity index (χ0) is 23.3. The van der Waals surface area contributed by atoms with E-state index < -0.39 is 11.9 Å². The minimum absolute atomic E-state index is 0.0482. The highest BCUT2D eigenvalue weighted by molar-refractivity contribution is 5.98. The molecule has 4 aromatic rings. The SMILES string of the molecule is Cc1cc2c(=O)[nH]c3c(c2cc1F)C(N(C)C(=O)c1cc2ccccc2[nH]1)CN(CCO)C3. The fraction of sp³-hybridized carbons (Fsp3) is 0.280. The average molecular weight is 448 g/mol. The van der Waals surface area contributed by atoms with Crippen molar-refractivity contribution in [1.29, 1.82) is 0 Å². The van der Waals surface area contributed by atoms with Gasteiger partial charge in [0.05, 0.1) is 12.6 Å². The first-order valence-electron chi connectivity index (χ1n) is 10.9. The van der Waals surface area contributed by atoms with Gasteiger partial charge in [0.1, 0.15) is 11.5 Å². The van der Waals surface area contributed by atoms with Gasteiger partial charge in [-0.25, -0.2) is 4.39 Å². The smallest absolute Gasteiger partial charge is 0.270 e. The van der Waals surface area contributed by atoms with E-state index >= 15 is 0 Å². The number of pyridine rings is 1. The van der Waals surface area contributed by atoms with E-state index in [1.54, 1.807) is 24.9 Å². The van der Waals surface area contributed by atoms with Crippen LogP contribution in [0.1, 0.15) is 33.4 Å². The van der Waals surface area contributed by atoms with Gasteiger partial charge in [0.15, 0.2) is 0 Å². The predicted molar refractivity (Wildman–Crippen MR) is 125 cm³/mol. The zero-order valence-corrected chi connectivity index (χ0v) is 18.5. The monoisotopic (exact) mass is 448 g/mol. The minimum atomic E-state index is -0.444. The second-order valence-corrected chi connectivity index (χ2v) is 8.65. The lowest BCUT2D eigenvalue weighted by Gasteiger charge is -2.39. The predicted octanol–water partition coefficient (Wildman–Crippen LogP) is 3.08. The molecule has 3 N–H and O–H groups in total. The number of carbonyl (C=O) groups is 1. The highest BCUT2D eigenvalue weighted by Crippen LogP contribution is 2.35. The lowest BCUT2D eigenvalue weighted by molar-refractivity contribution is 0.0636. The maximum Gasteiger partial charge on any atom is 0.270 e. The van der Waals surface area contributed by atoms with Crippen molar-refractivity contribution in [3.63, 3.8) is 0 Å². The molecule has 1 amide bonds. The number of rotatable bonds is 4. The third kappa shape index (κ3) is 3.61. The van der Waals surface area contributed by atoms with Crippen molar-refractivity contribution < 1.29 is 14.3 Å². The Morgan fingerprint density at radius 3 is 2.76 bits per heavy atom. The number of halogens is 1. The quantitative estimate of drug-likeness (QED) is 0.447. The van der Waals surface area contributed by atoms with Gasteiger partial charge < -0.3 is 20.0 Å². The van der Waals surface area contributed by atoms with E-state index in [-0.39, 0.29) is 18.1 Å². The van der Waals surface area contributed by atoms with E-state index in [0.29, 0.717) is 47.4 Å². The second kappa shape index (κ2) is 8.13.